The van der Waals surface area contributed by atoms with Crippen molar-refractivity contribution >= 4 is 21.9 Å². The van der Waals surface area contributed by atoms with Crippen LogP contribution in [0.15, 0.2) is 28.9 Å². The third-order valence-corrected chi connectivity index (χ3v) is 3.48. The van der Waals surface area contributed by atoms with Crippen molar-refractivity contribution in [2.24, 2.45) is 0 Å². The maximum absolute atomic E-state index is 10.5. The van der Waals surface area contributed by atoms with Crippen molar-refractivity contribution in [3.05, 3.63) is 40.1 Å². The molecule has 5 nitrogen and oxygen atoms in total. The smallest absolute Gasteiger partial charge is 0.303 e. The Balaban J connectivity index is 2.24. The van der Waals surface area contributed by atoms with Crippen molar-refractivity contribution in [3.63, 3.8) is 0 Å². The zero-order valence-corrected chi connectivity index (χ0v) is 11.4. The van der Waals surface area contributed by atoms with Crippen LogP contribution in [0.3, 0.4) is 0 Å². The van der Waals surface area contributed by atoms with E-state index in [0.717, 1.165) is 15.7 Å². The molecule has 0 unspecified atom stereocenters. The van der Waals surface area contributed by atoms with Gasteiger partial charge in [-0.05, 0) is 24.6 Å². The van der Waals surface area contributed by atoms with Crippen LogP contribution in [0.1, 0.15) is 17.7 Å². The van der Waals surface area contributed by atoms with Crippen molar-refractivity contribution in [2.45, 2.75) is 19.8 Å². The zero-order chi connectivity index (χ0) is 13.1. The summed E-state index contributed by atoms with van der Waals surface area (Å²) in [5, 5.41) is 16.6. The minimum Gasteiger partial charge on any atom is -0.481 e. The second kappa shape index (κ2) is 5.30. The zero-order valence-electron chi connectivity index (χ0n) is 9.80. The van der Waals surface area contributed by atoms with Crippen LogP contribution in [-0.2, 0) is 11.2 Å². The number of rotatable bonds is 4. The molecular weight excluding hydrogens is 298 g/mol. The monoisotopic (exact) mass is 309 g/mol. The van der Waals surface area contributed by atoms with E-state index in [1.807, 2.05) is 25.1 Å². The van der Waals surface area contributed by atoms with Gasteiger partial charge in [-0.15, -0.1) is 5.10 Å². The fourth-order valence-corrected chi connectivity index (χ4v) is 1.97. The molecular formula is C12H12BrN3O2. The minimum absolute atomic E-state index is 0.0656. The lowest BCUT2D eigenvalue weighted by atomic mass is 10.2. The largest absolute Gasteiger partial charge is 0.481 e. The van der Waals surface area contributed by atoms with Gasteiger partial charge < -0.3 is 5.11 Å². The first-order valence-electron chi connectivity index (χ1n) is 5.46. The first-order valence-corrected chi connectivity index (χ1v) is 6.25. The van der Waals surface area contributed by atoms with E-state index < -0.39 is 5.97 Å². The fraction of sp³-hybridized carbons (Fsp3) is 0.250. The van der Waals surface area contributed by atoms with E-state index in [1.54, 1.807) is 10.9 Å². The summed E-state index contributed by atoms with van der Waals surface area (Å²) in [6.45, 7) is 1.98. The average Bonchev–Trinajstić information content (AvgIpc) is 2.78. The molecule has 18 heavy (non-hydrogen) atoms. The summed E-state index contributed by atoms with van der Waals surface area (Å²) in [5.41, 5.74) is 2.67. The van der Waals surface area contributed by atoms with Crippen molar-refractivity contribution in [2.75, 3.05) is 0 Å². The maximum atomic E-state index is 10.5. The molecule has 94 valence electrons. The molecule has 0 amide bonds. The standard InChI is InChI=1S/C12H12BrN3O2/c1-8-10(13)3-2-4-11(8)16-7-9(14-15-16)5-6-12(17)18/h2-4,7H,5-6H2,1H3,(H,17,18). The van der Waals surface area contributed by atoms with Crippen molar-refractivity contribution in [1.29, 1.82) is 0 Å². The number of aliphatic carboxylic acids is 1. The van der Waals surface area contributed by atoms with Gasteiger partial charge in [0.2, 0.25) is 0 Å². The van der Waals surface area contributed by atoms with Crippen molar-refractivity contribution in [3.8, 4) is 5.69 Å². The van der Waals surface area contributed by atoms with Crippen molar-refractivity contribution < 1.29 is 9.90 Å². The number of hydrogen-bond donors (Lipinski definition) is 1. The molecule has 0 aliphatic heterocycles. The van der Waals surface area contributed by atoms with E-state index in [4.69, 9.17) is 5.11 Å². The van der Waals surface area contributed by atoms with E-state index in [0.29, 0.717) is 12.1 Å². The molecule has 0 atom stereocenters. The topological polar surface area (TPSA) is 68.0 Å². The summed E-state index contributed by atoms with van der Waals surface area (Å²) in [4.78, 5) is 10.5. The molecule has 0 fully saturated rings. The number of aryl methyl sites for hydroxylation is 1. The minimum atomic E-state index is -0.830. The average molecular weight is 310 g/mol. The quantitative estimate of drug-likeness (QED) is 0.941. The van der Waals surface area contributed by atoms with Gasteiger partial charge in [0.1, 0.15) is 0 Å². The number of hydrogen-bond acceptors (Lipinski definition) is 3. The summed E-state index contributed by atoms with van der Waals surface area (Å²) < 4.78 is 2.67. The fourth-order valence-electron chi connectivity index (χ4n) is 1.61. The lowest BCUT2D eigenvalue weighted by Gasteiger charge is -2.05. The van der Waals surface area contributed by atoms with Crippen molar-refractivity contribution in [1.82, 2.24) is 15.0 Å². The molecule has 2 rings (SSSR count). The lowest BCUT2D eigenvalue weighted by molar-refractivity contribution is -0.136. The first-order chi connectivity index (χ1) is 8.58. The molecule has 1 aromatic heterocycles. The Bertz CT molecular complexity index is 580. The predicted octanol–water partition coefficient (Wildman–Crippen LogP) is 2.36. The number of nitrogens with zero attached hydrogens (tertiary/aromatic N) is 3. The Labute approximate surface area is 113 Å². The van der Waals surface area contributed by atoms with Gasteiger partial charge in [-0.2, -0.15) is 0 Å². The SMILES string of the molecule is Cc1c(Br)cccc1-n1cc(CCC(=O)O)nn1. The summed E-state index contributed by atoms with van der Waals surface area (Å²) >= 11 is 3.46. The molecule has 0 saturated carbocycles. The number of benzene rings is 1. The summed E-state index contributed by atoms with van der Waals surface area (Å²) in [7, 11) is 0. The van der Waals surface area contributed by atoms with E-state index in [9.17, 15) is 4.79 Å². The maximum Gasteiger partial charge on any atom is 0.303 e. The molecule has 0 saturated heterocycles. The van der Waals surface area contributed by atoms with Crippen LogP contribution in [0, 0.1) is 6.92 Å². The van der Waals surface area contributed by atoms with Crippen LogP contribution in [0.5, 0.6) is 0 Å². The molecule has 0 spiro atoms. The van der Waals surface area contributed by atoms with Gasteiger partial charge in [0, 0.05) is 10.9 Å². The van der Waals surface area contributed by atoms with E-state index >= 15 is 0 Å². The van der Waals surface area contributed by atoms with E-state index in [-0.39, 0.29) is 6.42 Å². The second-order valence-corrected chi connectivity index (χ2v) is 4.79. The van der Waals surface area contributed by atoms with Crippen LogP contribution in [0.2, 0.25) is 0 Å². The van der Waals surface area contributed by atoms with Crippen LogP contribution in [0.4, 0.5) is 0 Å². The molecule has 1 aromatic carbocycles. The number of carbonyl (C=O) groups is 1. The normalized spacial score (nSPS) is 10.6. The molecule has 1 heterocycles. The van der Waals surface area contributed by atoms with Gasteiger partial charge in [-0.3, -0.25) is 4.79 Å². The first kappa shape index (κ1) is 12.8. The summed E-state index contributed by atoms with van der Waals surface area (Å²) in [6, 6.07) is 5.82. The van der Waals surface area contributed by atoms with E-state index in [2.05, 4.69) is 26.2 Å². The molecule has 0 radical (unpaired) electrons. The second-order valence-electron chi connectivity index (χ2n) is 3.93. The Kier molecular flexibility index (Phi) is 3.76. The number of carboxylic acid groups (broad SMARTS) is 1. The van der Waals surface area contributed by atoms with E-state index in [1.165, 1.54) is 0 Å². The Morgan fingerprint density at radius 3 is 3.00 bits per heavy atom. The summed E-state index contributed by atoms with van der Waals surface area (Å²) in [6.07, 6.45) is 2.22. The number of aromatic nitrogens is 3. The van der Waals surface area contributed by atoms with Crippen LogP contribution < -0.4 is 0 Å². The van der Waals surface area contributed by atoms with Crippen LogP contribution in [-0.4, -0.2) is 26.1 Å². The van der Waals surface area contributed by atoms with Crippen LogP contribution in [0.25, 0.3) is 5.69 Å². The Morgan fingerprint density at radius 2 is 2.28 bits per heavy atom. The lowest BCUT2D eigenvalue weighted by Crippen LogP contribution is -1.98. The Hall–Kier alpha value is -1.69. The van der Waals surface area contributed by atoms with Crippen LogP contribution >= 0.6 is 15.9 Å². The molecule has 2 aromatic rings. The van der Waals surface area contributed by atoms with Gasteiger partial charge in [-0.1, -0.05) is 27.2 Å². The molecule has 6 heteroatoms. The number of carboxylic acids is 1. The summed E-state index contributed by atoms with van der Waals surface area (Å²) in [5.74, 6) is -0.830. The van der Waals surface area contributed by atoms with Gasteiger partial charge in [0.05, 0.1) is 24.0 Å². The van der Waals surface area contributed by atoms with Gasteiger partial charge in [0.25, 0.3) is 0 Å². The molecule has 1 N–H and O–H groups in total. The predicted molar refractivity (Wildman–Crippen MR) is 69.8 cm³/mol. The highest BCUT2D eigenvalue weighted by Gasteiger charge is 2.08. The highest BCUT2D eigenvalue weighted by molar-refractivity contribution is 9.10. The van der Waals surface area contributed by atoms with Gasteiger partial charge >= 0.3 is 5.97 Å². The number of halogens is 1. The highest BCUT2D eigenvalue weighted by atomic mass is 79.9. The highest BCUT2D eigenvalue weighted by Crippen LogP contribution is 2.22. The Morgan fingerprint density at radius 1 is 1.50 bits per heavy atom. The van der Waals surface area contributed by atoms with Gasteiger partial charge in [0.15, 0.2) is 0 Å². The molecule has 0 bridgehead atoms. The van der Waals surface area contributed by atoms with Gasteiger partial charge in [-0.25, -0.2) is 4.68 Å². The molecule has 0 aliphatic rings. The third-order valence-electron chi connectivity index (χ3n) is 2.62. The third kappa shape index (κ3) is 2.76. The molecule has 0 aliphatic carbocycles.